The first kappa shape index (κ1) is 25.3. The second-order valence-corrected chi connectivity index (χ2v) is 8.35. The molecule has 0 aliphatic rings. The molecule has 0 spiro atoms. The van der Waals surface area contributed by atoms with E-state index in [-0.39, 0.29) is 5.57 Å². The Bertz CT molecular complexity index is 1420. The molecular formula is C30H28N4O3. The highest BCUT2D eigenvalue weighted by Crippen LogP contribution is 2.28. The Morgan fingerprint density at radius 3 is 2.35 bits per heavy atom. The van der Waals surface area contributed by atoms with E-state index in [0.29, 0.717) is 42.3 Å². The quantitative estimate of drug-likeness (QED) is 0.252. The van der Waals surface area contributed by atoms with Crippen LogP contribution in [0.15, 0.2) is 90.6 Å². The Kier molecular flexibility index (Phi) is 8.35. The van der Waals surface area contributed by atoms with Crippen molar-refractivity contribution in [3.63, 3.8) is 0 Å². The normalized spacial score (nSPS) is 11.0. The summed E-state index contributed by atoms with van der Waals surface area (Å²) in [7, 11) is 3.17. The molecule has 1 N–H and O–H groups in total. The Morgan fingerprint density at radius 1 is 0.973 bits per heavy atom. The summed E-state index contributed by atoms with van der Waals surface area (Å²) in [5.74, 6) is 0.842. The third-order valence-corrected chi connectivity index (χ3v) is 5.84. The van der Waals surface area contributed by atoms with Gasteiger partial charge < -0.3 is 14.8 Å². The number of carbonyl (C=O) groups is 1. The number of aromatic nitrogens is 2. The molecule has 186 valence electrons. The largest absolute Gasteiger partial charge is 0.493 e. The number of nitrogens with one attached hydrogen (secondary N) is 1. The molecule has 0 aliphatic carbocycles. The van der Waals surface area contributed by atoms with Gasteiger partial charge in [-0.1, -0.05) is 66.7 Å². The van der Waals surface area contributed by atoms with Crippen molar-refractivity contribution in [2.45, 2.75) is 13.0 Å². The Morgan fingerprint density at radius 2 is 1.68 bits per heavy atom. The number of rotatable bonds is 10. The van der Waals surface area contributed by atoms with Gasteiger partial charge in [0.05, 0.1) is 26.5 Å². The van der Waals surface area contributed by atoms with Gasteiger partial charge in [0.25, 0.3) is 5.91 Å². The van der Waals surface area contributed by atoms with Crippen molar-refractivity contribution in [1.82, 2.24) is 15.1 Å². The fraction of sp³-hybridized carbons (Fsp3) is 0.167. The second kappa shape index (κ2) is 12.2. The van der Waals surface area contributed by atoms with Crippen LogP contribution in [-0.2, 0) is 17.8 Å². The lowest BCUT2D eigenvalue weighted by Crippen LogP contribution is -2.26. The van der Waals surface area contributed by atoms with Crippen LogP contribution in [0.3, 0.4) is 0 Å². The fourth-order valence-electron chi connectivity index (χ4n) is 3.97. The van der Waals surface area contributed by atoms with Crippen molar-refractivity contribution in [1.29, 1.82) is 5.26 Å². The topological polar surface area (TPSA) is 89.2 Å². The highest BCUT2D eigenvalue weighted by Gasteiger charge is 2.15. The molecule has 4 aromatic rings. The minimum Gasteiger partial charge on any atom is -0.493 e. The summed E-state index contributed by atoms with van der Waals surface area (Å²) >= 11 is 0. The molecule has 0 saturated heterocycles. The summed E-state index contributed by atoms with van der Waals surface area (Å²) < 4.78 is 12.4. The summed E-state index contributed by atoms with van der Waals surface area (Å²) in [6.45, 7) is 0.945. The van der Waals surface area contributed by atoms with E-state index < -0.39 is 5.91 Å². The summed E-state index contributed by atoms with van der Waals surface area (Å²) in [6.07, 6.45) is 4.04. The first-order valence-corrected chi connectivity index (χ1v) is 11.9. The minimum atomic E-state index is -0.433. The van der Waals surface area contributed by atoms with Crippen molar-refractivity contribution in [3.8, 4) is 28.8 Å². The molecule has 7 nitrogen and oxygen atoms in total. The van der Waals surface area contributed by atoms with E-state index in [4.69, 9.17) is 14.6 Å². The second-order valence-electron chi connectivity index (χ2n) is 8.35. The maximum Gasteiger partial charge on any atom is 0.261 e. The number of carbonyl (C=O) groups excluding carboxylic acids is 1. The van der Waals surface area contributed by atoms with Crippen molar-refractivity contribution in [2.75, 3.05) is 20.8 Å². The molecule has 0 saturated carbocycles. The maximum atomic E-state index is 12.9. The van der Waals surface area contributed by atoms with E-state index >= 15 is 0 Å². The highest BCUT2D eigenvalue weighted by atomic mass is 16.5. The van der Waals surface area contributed by atoms with E-state index in [9.17, 15) is 10.1 Å². The molecule has 7 heteroatoms. The minimum absolute atomic E-state index is 0.0174. The zero-order chi connectivity index (χ0) is 26.0. The van der Waals surface area contributed by atoms with Crippen LogP contribution in [0.1, 0.15) is 16.7 Å². The molecule has 1 amide bonds. The Labute approximate surface area is 216 Å². The number of nitriles is 1. The molecule has 0 radical (unpaired) electrons. The lowest BCUT2D eigenvalue weighted by molar-refractivity contribution is -0.117. The number of hydrogen-bond donors (Lipinski definition) is 1. The first-order valence-electron chi connectivity index (χ1n) is 11.9. The monoisotopic (exact) mass is 492 g/mol. The molecule has 1 heterocycles. The van der Waals surface area contributed by atoms with Crippen molar-refractivity contribution < 1.29 is 14.3 Å². The van der Waals surface area contributed by atoms with E-state index in [1.54, 1.807) is 20.3 Å². The van der Waals surface area contributed by atoms with Crippen LogP contribution in [0.2, 0.25) is 0 Å². The molecule has 0 aliphatic heterocycles. The van der Waals surface area contributed by atoms with Gasteiger partial charge in [-0.3, -0.25) is 9.48 Å². The predicted molar refractivity (Wildman–Crippen MR) is 143 cm³/mol. The fourth-order valence-corrected chi connectivity index (χ4v) is 3.97. The van der Waals surface area contributed by atoms with Gasteiger partial charge in [0.1, 0.15) is 11.6 Å². The van der Waals surface area contributed by atoms with Gasteiger partial charge in [0.2, 0.25) is 0 Å². The molecule has 3 aromatic carbocycles. The van der Waals surface area contributed by atoms with Gasteiger partial charge >= 0.3 is 0 Å². The molecule has 0 unspecified atom stereocenters. The van der Waals surface area contributed by atoms with Crippen LogP contribution < -0.4 is 14.8 Å². The zero-order valence-corrected chi connectivity index (χ0v) is 20.8. The summed E-state index contributed by atoms with van der Waals surface area (Å²) in [5.41, 5.74) is 4.43. The number of hydrogen-bond acceptors (Lipinski definition) is 5. The van der Waals surface area contributed by atoms with Crippen LogP contribution in [-0.4, -0.2) is 36.5 Å². The lowest BCUT2D eigenvalue weighted by atomic mass is 10.1. The summed E-state index contributed by atoms with van der Waals surface area (Å²) in [6, 6.07) is 27.4. The molecular weight excluding hydrogens is 464 g/mol. The van der Waals surface area contributed by atoms with Crippen molar-refractivity contribution >= 4 is 12.0 Å². The Hall–Kier alpha value is -4.83. The molecule has 1 aromatic heterocycles. The van der Waals surface area contributed by atoms with E-state index in [1.165, 1.54) is 0 Å². The summed E-state index contributed by atoms with van der Waals surface area (Å²) in [5, 5.41) is 17.4. The SMILES string of the molecule is COc1ccc(CCNC(=O)/C(C#N)=C/c2cn(Cc3ccccc3)nc2-c2ccccc2)cc1OC. The number of methoxy groups -OCH3 is 2. The van der Waals surface area contributed by atoms with Crippen molar-refractivity contribution in [3.05, 3.63) is 107 Å². The van der Waals surface area contributed by atoms with Crippen LogP contribution in [0.25, 0.3) is 17.3 Å². The van der Waals surface area contributed by atoms with Crippen LogP contribution in [0.5, 0.6) is 11.5 Å². The van der Waals surface area contributed by atoms with Crippen LogP contribution in [0, 0.1) is 11.3 Å². The molecule has 0 bridgehead atoms. The number of amides is 1. The average Bonchev–Trinajstić information content (AvgIpc) is 3.34. The van der Waals surface area contributed by atoms with Gasteiger partial charge in [-0.05, 0) is 35.8 Å². The van der Waals surface area contributed by atoms with E-state index in [2.05, 4.69) is 5.32 Å². The van der Waals surface area contributed by atoms with Gasteiger partial charge in [0, 0.05) is 23.9 Å². The number of benzene rings is 3. The maximum absolute atomic E-state index is 12.9. The van der Waals surface area contributed by atoms with Gasteiger partial charge in [-0.15, -0.1) is 0 Å². The highest BCUT2D eigenvalue weighted by molar-refractivity contribution is 6.02. The third kappa shape index (κ3) is 6.44. The van der Waals surface area contributed by atoms with Crippen LogP contribution in [0.4, 0.5) is 0 Å². The predicted octanol–water partition coefficient (Wildman–Crippen LogP) is 4.88. The average molecular weight is 493 g/mol. The summed E-state index contributed by atoms with van der Waals surface area (Å²) in [4.78, 5) is 12.9. The van der Waals surface area contributed by atoms with Gasteiger partial charge in [0.15, 0.2) is 11.5 Å². The standard InChI is InChI=1S/C30H28N4O3/c1-36-27-14-13-22(17-28(27)37-2)15-16-32-30(35)25(19-31)18-26-21-34(20-23-9-5-3-6-10-23)33-29(26)24-11-7-4-8-12-24/h3-14,17-18,21H,15-16,20H2,1-2H3,(H,32,35)/b25-18+. The van der Waals surface area contributed by atoms with Crippen LogP contribution >= 0.6 is 0 Å². The Balaban J connectivity index is 1.52. The van der Waals surface area contributed by atoms with Gasteiger partial charge in [-0.2, -0.15) is 10.4 Å². The third-order valence-electron chi connectivity index (χ3n) is 5.84. The molecule has 4 rings (SSSR count). The smallest absolute Gasteiger partial charge is 0.261 e. The lowest BCUT2D eigenvalue weighted by Gasteiger charge is -2.10. The van der Waals surface area contributed by atoms with Crippen molar-refractivity contribution in [2.24, 2.45) is 0 Å². The van der Waals surface area contributed by atoms with Gasteiger partial charge in [-0.25, -0.2) is 0 Å². The molecule has 0 fully saturated rings. The molecule has 0 atom stereocenters. The van der Waals surface area contributed by atoms with E-state index in [0.717, 1.165) is 16.7 Å². The first-order chi connectivity index (χ1) is 18.1. The number of nitrogens with zero attached hydrogens (tertiary/aromatic N) is 3. The zero-order valence-electron chi connectivity index (χ0n) is 20.8. The molecule has 37 heavy (non-hydrogen) atoms. The van der Waals surface area contributed by atoms with E-state index in [1.807, 2.05) is 95.8 Å². The number of ether oxygens (including phenoxy) is 2.